The quantitative estimate of drug-likeness (QED) is 0.686. The smallest absolute Gasteiger partial charge is 0.335 e. The minimum Gasteiger partial charge on any atom is -0.478 e. The summed E-state index contributed by atoms with van der Waals surface area (Å²) in [5.41, 5.74) is 1.74. The number of carboxylic acids is 1. The number of aromatic carboxylic acids is 1. The lowest BCUT2D eigenvalue weighted by Gasteiger charge is -1.99. The van der Waals surface area contributed by atoms with Crippen molar-refractivity contribution in [1.82, 2.24) is 10.3 Å². The highest BCUT2D eigenvalue weighted by molar-refractivity contribution is 5.88. The number of rotatable bonds is 6. The first kappa shape index (κ1) is 13.1. The summed E-state index contributed by atoms with van der Waals surface area (Å²) < 4.78 is 5.28. The molecule has 19 heavy (non-hydrogen) atoms. The topological polar surface area (TPSA) is 87.4 Å². The zero-order valence-corrected chi connectivity index (χ0v) is 10.5. The van der Waals surface area contributed by atoms with Crippen LogP contribution < -0.4 is 10.6 Å². The fourth-order valence-corrected chi connectivity index (χ4v) is 1.57. The summed E-state index contributed by atoms with van der Waals surface area (Å²) in [5, 5.41) is 14.9. The molecule has 0 spiro atoms. The van der Waals surface area contributed by atoms with Gasteiger partial charge >= 0.3 is 5.97 Å². The number of carboxylic acid groups (broad SMARTS) is 1. The van der Waals surface area contributed by atoms with E-state index in [1.54, 1.807) is 24.3 Å². The first-order valence-corrected chi connectivity index (χ1v) is 5.88. The summed E-state index contributed by atoms with van der Waals surface area (Å²) in [6.07, 6.45) is 1.54. The average molecular weight is 261 g/mol. The van der Waals surface area contributed by atoms with Gasteiger partial charge in [0.15, 0.2) is 0 Å². The Morgan fingerprint density at radius 1 is 1.32 bits per heavy atom. The van der Waals surface area contributed by atoms with Gasteiger partial charge in [0.05, 0.1) is 5.56 Å². The SMILES string of the molecule is CNCCNc1nc(-c2ccc(C(=O)O)cc2)co1. The van der Waals surface area contributed by atoms with Crippen LogP contribution in [0, 0.1) is 0 Å². The Labute approximate surface area is 110 Å². The zero-order valence-electron chi connectivity index (χ0n) is 10.5. The Kier molecular flexibility index (Phi) is 4.15. The maximum Gasteiger partial charge on any atom is 0.335 e. The van der Waals surface area contributed by atoms with E-state index in [9.17, 15) is 4.79 Å². The van der Waals surface area contributed by atoms with Crippen LogP contribution in [0.3, 0.4) is 0 Å². The second-order valence-corrected chi connectivity index (χ2v) is 3.95. The van der Waals surface area contributed by atoms with E-state index in [0.717, 1.165) is 12.1 Å². The van der Waals surface area contributed by atoms with Crippen LogP contribution in [0.15, 0.2) is 34.9 Å². The third-order valence-corrected chi connectivity index (χ3v) is 2.58. The van der Waals surface area contributed by atoms with Crippen molar-refractivity contribution in [3.05, 3.63) is 36.1 Å². The molecule has 2 rings (SSSR count). The molecular formula is C13H15N3O3. The molecular weight excluding hydrogens is 246 g/mol. The van der Waals surface area contributed by atoms with Crippen LogP contribution in [0.1, 0.15) is 10.4 Å². The van der Waals surface area contributed by atoms with Crippen molar-refractivity contribution in [3.63, 3.8) is 0 Å². The van der Waals surface area contributed by atoms with Gasteiger partial charge in [-0.3, -0.25) is 0 Å². The Balaban J connectivity index is 2.07. The Morgan fingerprint density at radius 3 is 2.68 bits per heavy atom. The lowest BCUT2D eigenvalue weighted by Crippen LogP contribution is -2.17. The molecule has 100 valence electrons. The zero-order chi connectivity index (χ0) is 13.7. The summed E-state index contributed by atoms with van der Waals surface area (Å²) in [4.78, 5) is 15.0. The predicted molar refractivity (Wildman–Crippen MR) is 71.3 cm³/mol. The molecule has 0 saturated carbocycles. The van der Waals surface area contributed by atoms with Crippen LogP contribution in [0.4, 0.5) is 6.01 Å². The molecule has 0 unspecified atom stereocenters. The predicted octanol–water partition coefficient (Wildman–Crippen LogP) is 1.67. The summed E-state index contributed by atoms with van der Waals surface area (Å²) in [6.45, 7) is 1.53. The van der Waals surface area contributed by atoms with Gasteiger partial charge in [-0.1, -0.05) is 12.1 Å². The van der Waals surface area contributed by atoms with E-state index in [1.165, 1.54) is 6.26 Å². The molecule has 0 saturated heterocycles. The molecule has 1 aromatic carbocycles. The van der Waals surface area contributed by atoms with E-state index in [2.05, 4.69) is 15.6 Å². The van der Waals surface area contributed by atoms with Crippen LogP contribution in [0.25, 0.3) is 11.3 Å². The van der Waals surface area contributed by atoms with Crippen LogP contribution in [0.5, 0.6) is 0 Å². The number of aromatic nitrogens is 1. The summed E-state index contributed by atoms with van der Waals surface area (Å²) in [7, 11) is 1.87. The number of hydrogen-bond acceptors (Lipinski definition) is 5. The molecule has 0 aliphatic rings. The number of carbonyl (C=O) groups is 1. The number of oxazole rings is 1. The molecule has 0 radical (unpaired) electrons. The second kappa shape index (κ2) is 6.01. The van der Waals surface area contributed by atoms with Crippen LogP contribution in [0.2, 0.25) is 0 Å². The number of hydrogen-bond donors (Lipinski definition) is 3. The molecule has 2 aromatic rings. The van der Waals surface area contributed by atoms with Gasteiger partial charge in [0.1, 0.15) is 12.0 Å². The fourth-order valence-electron chi connectivity index (χ4n) is 1.57. The van der Waals surface area contributed by atoms with Gasteiger partial charge < -0.3 is 20.2 Å². The first-order chi connectivity index (χ1) is 9.20. The van der Waals surface area contributed by atoms with E-state index < -0.39 is 5.97 Å². The van der Waals surface area contributed by atoms with Crippen LogP contribution in [-0.4, -0.2) is 36.2 Å². The molecule has 6 heteroatoms. The molecule has 1 heterocycles. The number of nitrogens with zero attached hydrogens (tertiary/aromatic N) is 1. The minimum absolute atomic E-state index is 0.250. The van der Waals surface area contributed by atoms with Crippen molar-refractivity contribution < 1.29 is 14.3 Å². The largest absolute Gasteiger partial charge is 0.478 e. The van der Waals surface area contributed by atoms with E-state index in [1.807, 2.05) is 7.05 Å². The lowest BCUT2D eigenvalue weighted by atomic mass is 10.1. The molecule has 3 N–H and O–H groups in total. The van der Waals surface area contributed by atoms with Crippen LogP contribution in [-0.2, 0) is 0 Å². The van der Waals surface area contributed by atoms with E-state index in [-0.39, 0.29) is 5.56 Å². The standard InChI is InChI=1S/C13H15N3O3/c1-14-6-7-15-13-16-11(8-19-13)9-2-4-10(5-3-9)12(17)18/h2-5,8,14H,6-7H2,1H3,(H,15,16)(H,17,18). The Morgan fingerprint density at radius 2 is 2.05 bits per heavy atom. The van der Waals surface area contributed by atoms with E-state index in [0.29, 0.717) is 18.3 Å². The Hall–Kier alpha value is -2.34. The molecule has 1 aromatic heterocycles. The monoisotopic (exact) mass is 261 g/mol. The summed E-state index contributed by atoms with van der Waals surface area (Å²) in [6, 6.07) is 6.95. The second-order valence-electron chi connectivity index (χ2n) is 3.95. The highest BCUT2D eigenvalue weighted by Crippen LogP contribution is 2.21. The van der Waals surface area contributed by atoms with Gasteiger partial charge in [0, 0.05) is 18.7 Å². The minimum atomic E-state index is -0.943. The average Bonchev–Trinajstić information content (AvgIpc) is 2.88. The van der Waals surface area contributed by atoms with Gasteiger partial charge in [-0.2, -0.15) is 4.98 Å². The van der Waals surface area contributed by atoms with Gasteiger partial charge in [-0.15, -0.1) is 0 Å². The lowest BCUT2D eigenvalue weighted by molar-refractivity contribution is 0.0697. The maximum absolute atomic E-state index is 10.7. The molecule has 0 fully saturated rings. The fraction of sp³-hybridized carbons (Fsp3) is 0.231. The maximum atomic E-state index is 10.7. The molecule has 0 atom stereocenters. The molecule has 0 bridgehead atoms. The number of likely N-dealkylation sites (N-methyl/N-ethyl adjacent to an activating group) is 1. The van der Waals surface area contributed by atoms with Crippen molar-refractivity contribution in [1.29, 1.82) is 0 Å². The molecule has 0 amide bonds. The van der Waals surface area contributed by atoms with Crippen molar-refractivity contribution in [2.24, 2.45) is 0 Å². The number of anilines is 1. The number of benzene rings is 1. The van der Waals surface area contributed by atoms with Crippen molar-refractivity contribution in [2.45, 2.75) is 0 Å². The first-order valence-electron chi connectivity index (χ1n) is 5.88. The van der Waals surface area contributed by atoms with Gasteiger partial charge in [0.2, 0.25) is 0 Å². The third-order valence-electron chi connectivity index (χ3n) is 2.58. The molecule has 6 nitrogen and oxygen atoms in total. The summed E-state index contributed by atoms with van der Waals surface area (Å²) >= 11 is 0. The number of nitrogens with one attached hydrogen (secondary N) is 2. The highest BCUT2D eigenvalue weighted by Gasteiger charge is 2.07. The van der Waals surface area contributed by atoms with E-state index in [4.69, 9.17) is 9.52 Å². The molecule has 0 aliphatic carbocycles. The van der Waals surface area contributed by atoms with Gasteiger partial charge in [0.25, 0.3) is 6.01 Å². The highest BCUT2D eigenvalue weighted by atomic mass is 16.4. The summed E-state index contributed by atoms with van der Waals surface area (Å²) in [5.74, 6) is -0.943. The molecule has 0 aliphatic heterocycles. The van der Waals surface area contributed by atoms with Gasteiger partial charge in [-0.05, 0) is 19.2 Å². The van der Waals surface area contributed by atoms with Gasteiger partial charge in [-0.25, -0.2) is 4.79 Å². The normalized spacial score (nSPS) is 10.4. The Bertz CT molecular complexity index is 549. The van der Waals surface area contributed by atoms with Crippen LogP contribution >= 0.6 is 0 Å². The van der Waals surface area contributed by atoms with Crippen molar-refractivity contribution in [2.75, 3.05) is 25.5 Å². The van der Waals surface area contributed by atoms with Crippen molar-refractivity contribution >= 4 is 12.0 Å². The van der Waals surface area contributed by atoms with Crippen molar-refractivity contribution in [3.8, 4) is 11.3 Å². The van der Waals surface area contributed by atoms with E-state index >= 15 is 0 Å². The third kappa shape index (κ3) is 3.32.